The zero-order chi connectivity index (χ0) is 14.3. The topological polar surface area (TPSA) is 55.8 Å². The van der Waals surface area contributed by atoms with Crippen LogP contribution in [0.3, 0.4) is 0 Å². The fourth-order valence-electron chi connectivity index (χ4n) is 1.42. The molecule has 1 N–H and O–H groups in total. The number of carboxylic acids is 1. The quantitative estimate of drug-likeness (QED) is 0.418. The van der Waals surface area contributed by atoms with Crippen molar-refractivity contribution in [2.45, 2.75) is 66.0 Å². The van der Waals surface area contributed by atoms with Crippen molar-refractivity contribution in [2.24, 2.45) is 0 Å². The normalized spacial score (nSPS) is 13.4. The van der Waals surface area contributed by atoms with Crippen molar-refractivity contribution in [1.29, 1.82) is 0 Å². The van der Waals surface area contributed by atoms with Gasteiger partial charge in [0.2, 0.25) is 0 Å². The molecule has 0 fully saturated rings. The third-order valence-electron chi connectivity index (χ3n) is 2.08. The van der Waals surface area contributed by atoms with Gasteiger partial charge in [-0.1, -0.05) is 18.5 Å². The van der Waals surface area contributed by atoms with Crippen LogP contribution in [0.2, 0.25) is 0 Å². The SMILES string of the molecule is CCC/C([Si])=C(/C(=O)O)C(OC(C)C)OC(C)C. The summed E-state index contributed by atoms with van der Waals surface area (Å²) in [6, 6.07) is 0. The smallest absolute Gasteiger partial charge is 0.336 e. The molecule has 0 saturated carbocycles. The molecule has 4 nitrogen and oxygen atoms in total. The highest BCUT2D eigenvalue weighted by Crippen LogP contribution is 2.19. The molecule has 103 valence electrons. The van der Waals surface area contributed by atoms with Crippen molar-refractivity contribution in [2.75, 3.05) is 0 Å². The molecule has 0 aliphatic rings. The maximum absolute atomic E-state index is 11.4. The lowest BCUT2D eigenvalue weighted by Crippen LogP contribution is -2.31. The van der Waals surface area contributed by atoms with E-state index in [1.807, 2.05) is 34.6 Å². The van der Waals surface area contributed by atoms with Crippen LogP contribution in [0.1, 0.15) is 47.5 Å². The predicted molar refractivity (Wildman–Crippen MR) is 71.6 cm³/mol. The predicted octanol–water partition coefficient (Wildman–Crippen LogP) is 2.47. The molecule has 0 amide bonds. The first-order valence-corrected chi connectivity index (χ1v) is 6.78. The summed E-state index contributed by atoms with van der Waals surface area (Å²) in [6.07, 6.45) is 0.443. The van der Waals surface area contributed by atoms with Crippen molar-refractivity contribution in [3.63, 3.8) is 0 Å². The van der Waals surface area contributed by atoms with Crippen LogP contribution in [-0.2, 0) is 14.3 Å². The molecule has 0 unspecified atom stereocenters. The van der Waals surface area contributed by atoms with Crippen LogP contribution in [0.4, 0.5) is 0 Å². The van der Waals surface area contributed by atoms with Gasteiger partial charge in [0.15, 0.2) is 6.29 Å². The highest BCUT2D eigenvalue weighted by Gasteiger charge is 2.26. The summed E-state index contributed by atoms with van der Waals surface area (Å²) >= 11 is 0. The van der Waals surface area contributed by atoms with Gasteiger partial charge in [-0.15, -0.1) is 0 Å². The molecule has 0 spiro atoms. The maximum atomic E-state index is 11.4. The summed E-state index contributed by atoms with van der Waals surface area (Å²) < 4.78 is 11.1. The molecule has 0 bridgehead atoms. The number of rotatable bonds is 8. The van der Waals surface area contributed by atoms with Crippen molar-refractivity contribution in [1.82, 2.24) is 0 Å². The van der Waals surface area contributed by atoms with Crippen LogP contribution < -0.4 is 0 Å². The molecule has 0 aromatic carbocycles. The van der Waals surface area contributed by atoms with Crippen molar-refractivity contribution in [3.8, 4) is 0 Å². The fraction of sp³-hybridized carbons (Fsp3) is 0.769. The van der Waals surface area contributed by atoms with E-state index in [9.17, 15) is 9.90 Å². The molecule has 0 saturated heterocycles. The van der Waals surface area contributed by atoms with E-state index in [0.717, 1.165) is 6.42 Å². The standard InChI is InChI=1S/C13H23O4Si/c1-6-7-10(18)11(12(14)15)13(16-8(2)3)17-9(4)5/h8-9,13H,6-7H2,1-5H3,(H,14,15)/b11-10+. The Morgan fingerprint density at radius 3 is 1.89 bits per heavy atom. The number of aliphatic carboxylic acids is 1. The van der Waals surface area contributed by atoms with Gasteiger partial charge in [0.05, 0.1) is 28.0 Å². The molecule has 18 heavy (non-hydrogen) atoms. The Hall–Kier alpha value is -0.653. The Bertz CT molecular complexity index is 287. The Labute approximate surface area is 113 Å². The third-order valence-corrected chi connectivity index (χ3v) is 2.60. The maximum Gasteiger partial charge on any atom is 0.336 e. The lowest BCUT2D eigenvalue weighted by atomic mass is 10.1. The largest absolute Gasteiger partial charge is 0.478 e. The molecule has 0 aromatic rings. The summed E-state index contributed by atoms with van der Waals surface area (Å²) in [5.41, 5.74) is 0.149. The minimum atomic E-state index is -1.01. The van der Waals surface area contributed by atoms with Gasteiger partial charge in [0, 0.05) is 0 Å². The van der Waals surface area contributed by atoms with Crippen LogP contribution in [0, 0.1) is 0 Å². The van der Waals surface area contributed by atoms with E-state index in [2.05, 4.69) is 10.2 Å². The first-order valence-electron chi connectivity index (χ1n) is 6.28. The van der Waals surface area contributed by atoms with Gasteiger partial charge >= 0.3 is 5.97 Å². The van der Waals surface area contributed by atoms with Crippen LogP contribution in [0.25, 0.3) is 0 Å². The van der Waals surface area contributed by atoms with E-state index in [0.29, 0.717) is 11.6 Å². The van der Waals surface area contributed by atoms with Gasteiger partial charge in [0.1, 0.15) is 0 Å². The molecular weight excluding hydrogens is 248 g/mol. The third kappa shape index (κ3) is 6.33. The highest BCUT2D eigenvalue weighted by atomic mass is 28.1. The zero-order valence-electron chi connectivity index (χ0n) is 11.8. The zero-order valence-corrected chi connectivity index (χ0v) is 12.8. The fourth-order valence-corrected chi connectivity index (χ4v) is 1.89. The molecule has 0 heterocycles. The number of hydrogen-bond donors (Lipinski definition) is 1. The molecule has 0 rings (SSSR count). The molecule has 3 radical (unpaired) electrons. The van der Waals surface area contributed by atoms with Crippen molar-refractivity contribution >= 4 is 16.2 Å². The lowest BCUT2D eigenvalue weighted by molar-refractivity contribution is -0.168. The molecule has 0 atom stereocenters. The summed E-state index contributed by atoms with van der Waals surface area (Å²) in [4.78, 5) is 11.4. The Kier molecular flexibility index (Phi) is 8.14. The summed E-state index contributed by atoms with van der Waals surface area (Å²) in [5.74, 6) is -1.01. The van der Waals surface area contributed by atoms with Gasteiger partial charge in [-0.3, -0.25) is 0 Å². The average Bonchev–Trinajstić information content (AvgIpc) is 2.14. The lowest BCUT2D eigenvalue weighted by Gasteiger charge is -2.25. The Balaban J connectivity index is 5.21. The van der Waals surface area contributed by atoms with Crippen molar-refractivity contribution in [3.05, 3.63) is 10.8 Å². The summed E-state index contributed by atoms with van der Waals surface area (Å²) in [5, 5.41) is 9.94. The number of allylic oxidation sites excluding steroid dienone is 1. The van der Waals surface area contributed by atoms with Gasteiger partial charge in [-0.25, -0.2) is 4.79 Å². The monoisotopic (exact) mass is 271 g/mol. The van der Waals surface area contributed by atoms with E-state index >= 15 is 0 Å². The van der Waals surface area contributed by atoms with Crippen LogP contribution >= 0.6 is 0 Å². The average molecular weight is 271 g/mol. The van der Waals surface area contributed by atoms with Crippen LogP contribution in [0.15, 0.2) is 10.8 Å². The number of carbonyl (C=O) groups is 1. The van der Waals surface area contributed by atoms with E-state index in [1.54, 1.807) is 0 Å². The van der Waals surface area contributed by atoms with E-state index in [-0.39, 0.29) is 17.8 Å². The van der Waals surface area contributed by atoms with Crippen LogP contribution in [0.5, 0.6) is 0 Å². The van der Waals surface area contributed by atoms with E-state index in [1.165, 1.54) is 0 Å². The summed E-state index contributed by atoms with van der Waals surface area (Å²) in [7, 11) is 3.38. The summed E-state index contributed by atoms with van der Waals surface area (Å²) in [6.45, 7) is 9.39. The second-order valence-corrected chi connectivity index (χ2v) is 5.25. The van der Waals surface area contributed by atoms with Gasteiger partial charge in [-0.05, 0) is 34.1 Å². The molecule has 0 aliphatic heterocycles. The number of hydrogen-bond acceptors (Lipinski definition) is 3. The van der Waals surface area contributed by atoms with E-state index < -0.39 is 12.3 Å². The van der Waals surface area contributed by atoms with Crippen molar-refractivity contribution < 1.29 is 19.4 Å². The molecule has 0 aliphatic carbocycles. The second-order valence-electron chi connectivity index (χ2n) is 4.65. The van der Waals surface area contributed by atoms with Gasteiger partial charge in [-0.2, -0.15) is 0 Å². The minimum absolute atomic E-state index is 0.107. The number of carboxylic acid groups (broad SMARTS) is 1. The first kappa shape index (κ1) is 17.3. The van der Waals surface area contributed by atoms with Gasteiger partial charge < -0.3 is 14.6 Å². The Morgan fingerprint density at radius 2 is 1.61 bits per heavy atom. The molecule has 5 heteroatoms. The van der Waals surface area contributed by atoms with Crippen LogP contribution in [-0.4, -0.2) is 39.8 Å². The van der Waals surface area contributed by atoms with E-state index in [4.69, 9.17) is 9.47 Å². The highest BCUT2D eigenvalue weighted by molar-refractivity contribution is 6.24. The van der Waals surface area contributed by atoms with Gasteiger partial charge in [0.25, 0.3) is 0 Å². The molecular formula is C13H23O4Si. The number of ether oxygens (including phenoxy) is 2. The second kappa shape index (κ2) is 8.45. The molecule has 0 aromatic heterocycles. The minimum Gasteiger partial charge on any atom is -0.478 e. The first-order chi connectivity index (χ1) is 8.29. The Morgan fingerprint density at radius 1 is 1.17 bits per heavy atom.